The Morgan fingerprint density at radius 1 is 1.47 bits per heavy atom. The fourth-order valence-corrected chi connectivity index (χ4v) is 2.16. The van der Waals surface area contributed by atoms with Crippen LogP contribution in [0.15, 0.2) is 34.6 Å². The Morgan fingerprint density at radius 2 is 2.35 bits per heavy atom. The van der Waals surface area contributed by atoms with Gasteiger partial charge in [0.15, 0.2) is 0 Å². The fourth-order valence-electron chi connectivity index (χ4n) is 1.55. The van der Waals surface area contributed by atoms with Crippen LogP contribution in [0.2, 0.25) is 0 Å². The molecular formula is C12H15N3OS. The van der Waals surface area contributed by atoms with Crippen molar-refractivity contribution < 1.29 is 0 Å². The molecule has 17 heavy (non-hydrogen) atoms. The van der Waals surface area contributed by atoms with Gasteiger partial charge in [-0.05, 0) is 13.0 Å². The van der Waals surface area contributed by atoms with Gasteiger partial charge >= 0.3 is 0 Å². The van der Waals surface area contributed by atoms with Crippen molar-refractivity contribution in [3.05, 3.63) is 50.8 Å². The van der Waals surface area contributed by atoms with Crippen molar-refractivity contribution in [2.75, 3.05) is 6.54 Å². The Hall–Kier alpha value is -1.46. The first kappa shape index (κ1) is 12.0. The van der Waals surface area contributed by atoms with Crippen LogP contribution in [-0.2, 0) is 13.1 Å². The second-order valence-electron chi connectivity index (χ2n) is 3.77. The van der Waals surface area contributed by atoms with Gasteiger partial charge in [0, 0.05) is 37.3 Å². The van der Waals surface area contributed by atoms with Crippen LogP contribution in [0.4, 0.5) is 0 Å². The molecule has 0 aliphatic heterocycles. The van der Waals surface area contributed by atoms with Crippen molar-refractivity contribution in [3.8, 4) is 0 Å². The van der Waals surface area contributed by atoms with Gasteiger partial charge in [0.25, 0.3) is 5.56 Å². The van der Waals surface area contributed by atoms with E-state index in [4.69, 9.17) is 0 Å². The van der Waals surface area contributed by atoms with Gasteiger partial charge in [-0.2, -0.15) is 0 Å². The molecule has 0 unspecified atom stereocenters. The van der Waals surface area contributed by atoms with E-state index in [2.05, 4.69) is 15.7 Å². The zero-order valence-electron chi connectivity index (χ0n) is 9.72. The van der Waals surface area contributed by atoms with E-state index >= 15 is 0 Å². The Balaban J connectivity index is 1.77. The lowest BCUT2D eigenvalue weighted by molar-refractivity contribution is 0.581. The van der Waals surface area contributed by atoms with Crippen LogP contribution in [0.5, 0.6) is 0 Å². The summed E-state index contributed by atoms with van der Waals surface area (Å²) in [5, 5.41) is 6.41. The van der Waals surface area contributed by atoms with Gasteiger partial charge in [-0.25, -0.2) is 4.98 Å². The molecule has 1 N–H and O–H groups in total. The molecule has 2 rings (SSSR count). The summed E-state index contributed by atoms with van der Waals surface area (Å²) < 4.78 is 1.69. The maximum Gasteiger partial charge on any atom is 0.250 e. The van der Waals surface area contributed by atoms with E-state index in [0.29, 0.717) is 6.54 Å². The Kier molecular flexibility index (Phi) is 4.06. The van der Waals surface area contributed by atoms with E-state index in [1.165, 1.54) is 0 Å². The summed E-state index contributed by atoms with van der Waals surface area (Å²) in [6.07, 6.45) is 1.80. The molecule has 2 aromatic rings. The molecule has 0 aliphatic rings. The number of aromatic nitrogens is 2. The van der Waals surface area contributed by atoms with Crippen LogP contribution in [0.1, 0.15) is 10.7 Å². The Bertz CT molecular complexity index is 532. The van der Waals surface area contributed by atoms with Crippen LogP contribution in [0.3, 0.4) is 0 Å². The number of pyridine rings is 1. The molecule has 2 aromatic heterocycles. The van der Waals surface area contributed by atoms with Crippen LogP contribution in [0, 0.1) is 6.92 Å². The summed E-state index contributed by atoms with van der Waals surface area (Å²) in [5.74, 6) is 0. The normalized spacial score (nSPS) is 10.6. The van der Waals surface area contributed by atoms with E-state index in [1.54, 1.807) is 34.2 Å². The zero-order chi connectivity index (χ0) is 12.1. The van der Waals surface area contributed by atoms with Gasteiger partial charge in [-0.15, -0.1) is 11.3 Å². The molecule has 90 valence electrons. The molecule has 5 heteroatoms. The first-order chi connectivity index (χ1) is 8.25. The molecule has 0 aliphatic carbocycles. The number of hydrogen-bond acceptors (Lipinski definition) is 4. The van der Waals surface area contributed by atoms with Crippen molar-refractivity contribution in [1.29, 1.82) is 0 Å². The third-order valence-corrected chi connectivity index (χ3v) is 3.22. The highest BCUT2D eigenvalue weighted by atomic mass is 32.1. The smallest absolute Gasteiger partial charge is 0.250 e. The number of rotatable bonds is 5. The number of hydrogen-bond donors (Lipinski definition) is 1. The van der Waals surface area contributed by atoms with Crippen LogP contribution in [-0.4, -0.2) is 16.1 Å². The lowest BCUT2D eigenvalue weighted by atomic mass is 10.4. The summed E-state index contributed by atoms with van der Waals surface area (Å²) in [6.45, 7) is 4.20. The van der Waals surface area contributed by atoms with Gasteiger partial charge in [0.1, 0.15) is 0 Å². The van der Waals surface area contributed by atoms with Gasteiger partial charge in [0.2, 0.25) is 0 Å². The van der Waals surface area contributed by atoms with Gasteiger partial charge in [-0.3, -0.25) is 4.79 Å². The predicted molar refractivity (Wildman–Crippen MR) is 69.3 cm³/mol. The van der Waals surface area contributed by atoms with Crippen LogP contribution >= 0.6 is 11.3 Å². The molecule has 0 amide bonds. The standard InChI is InChI=1S/C12H15N3OS/c1-10-14-11(9-17-10)8-13-5-7-15-6-3-2-4-12(15)16/h2-4,6,9,13H,5,7-8H2,1H3. The maximum absolute atomic E-state index is 11.4. The first-order valence-corrected chi connectivity index (χ1v) is 6.41. The molecular weight excluding hydrogens is 234 g/mol. The summed E-state index contributed by atoms with van der Waals surface area (Å²) in [4.78, 5) is 15.8. The summed E-state index contributed by atoms with van der Waals surface area (Å²) >= 11 is 1.65. The highest BCUT2D eigenvalue weighted by molar-refractivity contribution is 7.09. The van der Waals surface area contributed by atoms with Crippen molar-refractivity contribution in [2.24, 2.45) is 0 Å². The number of thiazole rings is 1. The Labute approximate surface area is 104 Å². The lowest BCUT2D eigenvalue weighted by Gasteiger charge is -2.05. The largest absolute Gasteiger partial charge is 0.314 e. The Morgan fingerprint density at radius 3 is 3.06 bits per heavy atom. The molecule has 0 saturated carbocycles. The molecule has 0 atom stereocenters. The van der Waals surface area contributed by atoms with E-state index in [0.717, 1.165) is 23.8 Å². The molecule has 0 fully saturated rings. The fraction of sp³-hybridized carbons (Fsp3) is 0.333. The van der Waals surface area contributed by atoms with Crippen molar-refractivity contribution >= 4 is 11.3 Å². The molecule has 0 bridgehead atoms. The minimum atomic E-state index is 0.0406. The predicted octanol–water partition coefficient (Wildman–Crippen LogP) is 1.40. The lowest BCUT2D eigenvalue weighted by Crippen LogP contribution is -2.25. The van der Waals surface area contributed by atoms with Crippen molar-refractivity contribution in [2.45, 2.75) is 20.0 Å². The quantitative estimate of drug-likeness (QED) is 0.815. The van der Waals surface area contributed by atoms with Crippen molar-refractivity contribution in [3.63, 3.8) is 0 Å². The topological polar surface area (TPSA) is 46.9 Å². The molecule has 2 heterocycles. The van der Waals surface area contributed by atoms with E-state index in [1.807, 2.05) is 13.0 Å². The minimum Gasteiger partial charge on any atom is -0.314 e. The highest BCUT2D eigenvalue weighted by Crippen LogP contribution is 2.06. The van der Waals surface area contributed by atoms with Crippen LogP contribution in [0.25, 0.3) is 0 Å². The third-order valence-electron chi connectivity index (χ3n) is 2.40. The summed E-state index contributed by atoms with van der Waals surface area (Å²) in [6, 6.07) is 5.19. The molecule has 0 spiro atoms. The first-order valence-electron chi connectivity index (χ1n) is 5.53. The van der Waals surface area contributed by atoms with Gasteiger partial charge < -0.3 is 9.88 Å². The molecule has 0 radical (unpaired) electrons. The molecule has 0 aromatic carbocycles. The maximum atomic E-state index is 11.4. The van der Waals surface area contributed by atoms with E-state index in [9.17, 15) is 4.79 Å². The van der Waals surface area contributed by atoms with E-state index in [-0.39, 0.29) is 5.56 Å². The SMILES string of the molecule is Cc1nc(CNCCn2ccccc2=O)cs1. The third kappa shape index (κ3) is 3.51. The van der Waals surface area contributed by atoms with E-state index < -0.39 is 0 Å². The second-order valence-corrected chi connectivity index (χ2v) is 4.83. The number of aryl methyl sites for hydroxylation is 1. The average Bonchev–Trinajstić information content (AvgIpc) is 2.73. The minimum absolute atomic E-state index is 0.0406. The van der Waals surface area contributed by atoms with Crippen LogP contribution < -0.4 is 10.9 Å². The summed E-state index contributed by atoms with van der Waals surface area (Å²) in [5.41, 5.74) is 1.10. The average molecular weight is 249 g/mol. The highest BCUT2D eigenvalue weighted by Gasteiger charge is 1.97. The number of nitrogens with one attached hydrogen (secondary N) is 1. The van der Waals surface area contributed by atoms with Gasteiger partial charge in [-0.1, -0.05) is 6.07 Å². The monoisotopic (exact) mass is 249 g/mol. The van der Waals surface area contributed by atoms with Gasteiger partial charge in [0.05, 0.1) is 10.7 Å². The number of nitrogens with zero attached hydrogens (tertiary/aromatic N) is 2. The molecule has 4 nitrogen and oxygen atoms in total. The molecule has 0 saturated heterocycles. The zero-order valence-corrected chi connectivity index (χ0v) is 10.5. The second kappa shape index (κ2) is 5.75. The summed E-state index contributed by atoms with van der Waals surface area (Å²) in [7, 11) is 0. The van der Waals surface area contributed by atoms with Crippen molar-refractivity contribution in [1.82, 2.24) is 14.9 Å².